The summed E-state index contributed by atoms with van der Waals surface area (Å²) >= 11 is 11.8. The second-order valence-corrected chi connectivity index (χ2v) is 5.71. The lowest BCUT2D eigenvalue weighted by Gasteiger charge is -2.14. The number of rotatable bonds is 3. The van der Waals surface area contributed by atoms with Crippen molar-refractivity contribution in [3.05, 3.63) is 34.1 Å². The van der Waals surface area contributed by atoms with Crippen LogP contribution >= 0.6 is 23.2 Å². The van der Waals surface area contributed by atoms with Crippen LogP contribution in [0.2, 0.25) is 10.0 Å². The average Bonchev–Trinajstić information content (AvgIpc) is 2.61. The Kier molecular flexibility index (Phi) is 3.61. The zero-order valence-electron chi connectivity index (χ0n) is 10.1. The van der Waals surface area contributed by atoms with Gasteiger partial charge in [-0.15, -0.1) is 0 Å². The highest BCUT2D eigenvalue weighted by atomic mass is 35.5. The van der Waals surface area contributed by atoms with Gasteiger partial charge in [-0.2, -0.15) is 4.98 Å². The highest BCUT2D eigenvalue weighted by Gasteiger charge is 2.17. The maximum absolute atomic E-state index is 5.92. The molecule has 0 fully saturated rings. The zero-order valence-corrected chi connectivity index (χ0v) is 11.6. The van der Waals surface area contributed by atoms with Gasteiger partial charge < -0.3 is 10.3 Å². The van der Waals surface area contributed by atoms with E-state index in [4.69, 9.17) is 33.5 Å². The van der Waals surface area contributed by atoms with E-state index in [0.717, 1.165) is 5.56 Å². The van der Waals surface area contributed by atoms with Crippen LogP contribution in [0.3, 0.4) is 0 Å². The number of aromatic nitrogens is 2. The van der Waals surface area contributed by atoms with Crippen molar-refractivity contribution in [2.24, 2.45) is 5.73 Å². The van der Waals surface area contributed by atoms with E-state index in [1.807, 2.05) is 13.8 Å². The summed E-state index contributed by atoms with van der Waals surface area (Å²) in [5.74, 6) is 0.951. The molecule has 0 aliphatic heterocycles. The highest BCUT2D eigenvalue weighted by molar-refractivity contribution is 6.35. The Labute approximate surface area is 115 Å². The highest BCUT2D eigenvalue weighted by Crippen LogP contribution is 2.25. The Morgan fingerprint density at radius 2 is 1.83 bits per heavy atom. The smallest absolute Gasteiger partial charge is 0.228 e. The first-order valence-electron chi connectivity index (χ1n) is 5.41. The molecular formula is C12H13Cl2N3O. The zero-order chi connectivity index (χ0) is 13.3. The van der Waals surface area contributed by atoms with E-state index in [9.17, 15) is 0 Å². The topological polar surface area (TPSA) is 64.9 Å². The van der Waals surface area contributed by atoms with E-state index < -0.39 is 5.54 Å². The molecule has 0 aliphatic carbocycles. The van der Waals surface area contributed by atoms with Crippen LogP contribution in [0.4, 0.5) is 0 Å². The second-order valence-electron chi connectivity index (χ2n) is 4.84. The molecule has 0 bridgehead atoms. The monoisotopic (exact) mass is 285 g/mol. The van der Waals surface area contributed by atoms with Crippen LogP contribution < -0.4 is 5.73 Å². The molecule has 96 valence electrons. The molecule has 2 rings (SSSR count). The van der Waals surface area contributed by atoms with Crippen LogP contribution in [0.5, 0.6) is 0 Å². The Morgan fingerprint density at radius 3 is 2.39 bits per heavy atom. The normalized spacial score (nSPS) is 11.8. The molecule has 2 N–H and O–H groups in total. The van der Waals surface area contributed by atoms with Gasteiger partial charge in [0, 0.05) is 27.6 Å². The molecule has 0 saturated heterocycles. The second kappa shape index (κ2) is 4.88. The van der Waals surface area contributed by atoms with Crippen LogP contribution in [0.15, 0.2) is 22.7 Å². The van der Waals surface area contributed by atoms with Crippen molar-refractivity contribution in [1.82, 2.24) is 10.1 Å². The first kappa shape index (κ1) is 13.3. The molecule has 0 amide bonds. The van der Waals surface area contributed by atoms with E-state index in [1.54, 1.807) is 18.2 Å². The predicted molar refractivity (Wildman–Crippen MR) is 71.7 cm³/mol. The first-order valence-corrected chi connectivity index (χ1v) is 6.17. The van der Waals surface area contributed by atoms with Crippen LogP contribution in [0.25, 0.3) is 11.4 Å². The molecule has 1 aromatic carbocycles. The van der Waals surface area contributed by atoms with Crippen molar-refractivity contribution >= 4 is 23.2 Å². The predicted octanol–water partition coefficient (Wildman–Crippen LogP) is 3.32. The van der Waals surface area contributed by atoms with Gasteiger partial charge in [0.2, 0.25) is 11.7 Å². The van der Waals surface area contributed by atoms with Gasteiger partial charge in [-0.25, -0.2) is 0 Å². The quantitative estimate of drug-likeness (QED) is 0.940. The largest absolute Gasteiger partial charge is 0.339 e. The number of halogens is 2. The summed E-state index contributed by atoms with van der Waals surface area (Å²) in [5, 5.41) is 4.95. The fourth-order valence-electron chi connectivity index (χ4n) is 1.52. The van der Waals surface area contributed by atoms with Gasteiger partial charge in [0.1, 0.15) is 0 Å². The number of nitrogens with two attached hydrogens (primary N) is 1. The summed E-state index contributed by atoms with van der Waals surface area (Å²) in [7, 11) is 0. The molecule has 1 heterocycles. The van der Waals surface area contributed by atoms with Crippen LogP contribution in [-0.2, 0) is 6.42 Å². The molecule has 18 heavy (non-hydrogen) atoms. The standard InChI is InChI=1S/C12H13Cl2N3O/c1-12(2,15)6-10-16-11(17-18-10)7-3-8(13)5-9(14)4-7/h3-5H,6,15H2,1-2H3. The minimum atomic E-state index is -0.393. The molecule has 0 radical (unpaired) electrons. The molecule has 0 spiro atoms. The van der Waals surface area contributed by atoms with Gasteiger partial charge in [0.05, 0.1) is 0 Å². The van der Waals surface area contributed by atoms with Crippen LogP contribution in [0.1, 0.15) is 19.7 Å². The van der Waals surface area contributed by atoms with E-state index >= 15 is 0 Å². The number of nitrogens with zero attached hydrogens (tertiary/aromatic N) is 2. The third kappa shape index (κ3) is 3.45. The van der Waals surface area contributed by atoms with Crippen molar-refractivity contribution in [3.63, 3.8) is 0 Å². The summed E-state index contributed by atoms with van der Waals surface area (Å²) in [6, 6.07) is 5.11. The lowest BCUT2D eigenvalue weighted by atomic mass is 10.0. The summed E-state index contributed by atoms with van der Waals surface area (Å²) in [6.45, 7) is 3.79. The third-order valence-corrected chi connectivity index (χ3v) is 2.63. The van der Waals surface area contributed by atoms with Gasteiger partial charge in [0.25, 0.3) is 0 Å². The van der Waals surface area contributed by atoms with Crippen molar-refractivity contribution in [2.75, 3.05) is 0 Å². The van der Waals surface area contributed by atoms with Crippen molar-refractivity contribution < 1.29 is 4.52 Å². The number of benzene rings is 1. The van der Waals surface area contributed by atoms with Gasteiger partial charge in [-0.1, -0.05) is 28.4 Å². The first-order chi connectivity index (χ1) is 8.33. The number of hydrogen-bond donors (Lipinski definition) is 1. The SMILES string of the molecule is CC(C)(N)Cc1nc(-c2cc(Cl)cc(Cl)c2)no1. The van der Waals surface area contributed by atoms with E-state index in [0.29, 0.717) is 28.2 Å². The summed E-state index contributed by atoms with van der Waals surface area (Å²) < 4.78 is 5.15. The molecule has 1 aromatic heterocycles. The van der Waals surface area contributed by atoms with E-state index in [-0.39, 0.29) is 0 Å². The fourth-order valence-corrected chi connectivity index (χ4v) is 2.04. The molecule has 0 aliphatic rings. The minimum Gasteiger partial charge on any atom is -0.339 e. The molecule has 0 atom stereocenters. The van der Waals surface area contributed by atoms with Gasteiger partial charge in [-0.05, 0) is 32.0 Å². The van der Waals surface area contributed by atoms with Gasteiger partial charge in [-0.3, -0.25) is 0 Å². The Morgan fingerprint density at radius 1 is 1.22 bits per heavy atom. The molecule has 4 nitrogen and oxygen atoms in total. The molecule has 0 unspecified atom stereocenters. The Hall–Kier alpha value is -1.10. The molecule has 6 heteroatoms. The summed E-state index contributed by atoms with van der Waals surface area (Å²) in [6.07, 6.45) is 0.508. The van der Waals surface area contributed by atoms with Crippen molar-refractivity contribution in [3.8, 4) is 11.4 Å². The fraction of sp³-hybridized carbons (Fsp3) is 0.333. The molecule has 0 saturated carbocycles. The Bertz CT molecular complexity index is 540. The van der Waals surface area contributed by atoms with Gasteiger partial charge in [0.15, 0.2) is 0 Å². The minimum absolute atomic E-state index is 0.393. The van der Waals surface area contributed by atoms with Crippen molar-refractivity contribution in [2.45, 2.75) is 25.8 Å². The Balaban J connectivity index is 2.29. The summed E-state index contributed by atoms with van der Waals surface area (Å²) in [5.41, 5.74) is 6.22. The van der Waals surface area contributed by atoms with Crippen LogP contribution in [0, 0.1) is 0 Å². The van der Waals surface area contributed by atoms with Gasteiger partial charge >= 0.3 is 0 Å². The molecule has 2 aromatic rings. The van der Waals surface area contributed by atoms with E-state index in [2.05, 4.69) is 10.1 Å². The lowest BCUT2D eigenvalue weighted by Crippen LogP contribution is -2.34. The lowest BCUT2D eigenvalue weighted by molar-refractivity contribution is 0.348. The maximum Gasteiger partial charge on any atom is 0.228 e. The number of hydrogen-bond acceptors (Lipinski definition) is 4. The van der Waals surface area contributed by atoms with Crippen molar-refractivity contribution in [1.29, 1.82) is 0 Å². The summed E-state index contributed by atoms with van der Waals surface area (Å²) in [4.78, 5) is 4.27. The maximum atomic E-state index is 5.92. The van der Waals surface area contributed by atoms with Crippen LogP contribution in [-0.4, -0.2) is 15.7 Å². The molecular weight excluding hydrogens is 273 g/mol. The van der Waals surface area contributed by atoms with E-state index in [1.165, 1.54) is 0 Å². The average molecular weight is 286 g/mol. The third-order valence-electron chi connectivity index (χ3n) is 2.20.